The largest absolute Gasteiger partial charge is 0.355 e. The standard InChI is InChI=1S/C26H22FN3O2/c1-28-25(31)19-9-7-17(8-10-19)16-30(2)26(32)22-15-24(18-11-13-20(27)14-12-18)29-23-6-4-3-5-21(22)23/h3-15H,16H2,1-2H3,(H,28,31). The Hall–Kier alpha value is -4.06. The maximum Gasteiger partial charge on any atom is 0.254 e. The number of carbonyl (C=O) groups excluding carboxylic acids is 2. The predicted octanol–water partition coefficient (Wildman–Crippen LogP) is 4.67. The Balaban J connectivity index is 1.66. The average molecular weight is 427 g/mol. The zero-order valence-electron chi connectivity index (χ0n) is 17.8. The summed E-state index contributed by atoms with van der Waals surface area (Å²) in [4.78, 5) is 31.4. The summed E-state index contributed by atoms with van der Waals surface area (Å²) in [5, 5.41) is 3.34. The third kappa shape index (κ3) is 4.34. The number of hydrogen-bond acceptors (Lipinski definition) is 3. The van der Waals surface area contributed by atoms with Gasteiger partial charge in [0, 0.05) is 37.2 Å². The average Bonchev–Trinajstić information content (AvgIpc) is 2.83. The zero-order chi connectivity index (χ0) is 22.7. The number of aromatic nitrogens is 1. The van der Waals surface area contributed by atoms with Crippen LogP contribution in [0.2, 0.25) is 0 Å². The van der Waals surface area contributed by atoms with E-state index in [9.17, 15) is 14.0 Å². The molecule has 2 amide bonds. The molecule has 0 aliphatic carbocycles. The molecule has 160 valence electrons. The predicted molar refractivity (Wildman–Crippen MR) is 123 cm³/mol. The maximum absolute atomic E-state index is 13.4. The highest BCUT2D eigenvalue weighted by molar-refractivity contribution is 6.07. The second kappa shape index (κ2) is 8.98. The Morgan fingerprint density at radius 3 is 2.34 bits per heavy atom. The quantitative estimate of drug-likeness (QED) is 0.503. The second-order valence-corrected chi connectivity index (χ2v) is 7.52. The summed E-state index contributed by atoms with van der Waals surface area (Å²) in [5.41, 5.74) is 4.04. The fourth-order valence-electron chi connectivity index (χ4n) is 3.58. The van der Waals surface area contributed by atoms with Gasteiger partial charge < -0.3 is 10.2 Å². The van der Waals surface area contributed by atoms with Crippen molar-refractivity contribution in [2.24, 2.45) is 0 Å². The van der Waals surface area contributed by atoms with E-state index in [-0.39, 0.29) is 17.6 Å². The molecule has 1 aromatic heterocycles. The van der Waals surface area contributed by atoms with Crippen LogP contribution in [-0.4, -0.2) is 35.8 Å². The molecule has 0 unspecified atom stereocenters. The van der Waals surface area contributed by atoms with Crippen molar-refractivity contribution in [3.05, 3.63) is 101 Å². The van der Waals surface area contributed by atoms with Crippen molar-refractivity contribution >= 4 is 22.7 Å². The van der Waals surface area contributed by atoms with Gasteiger partial charge in [0.05, 0.1) is 16.8 Å². The van der Waals surface area contributed by atoms with Gasteiger partial charge in [-0.1, -0.05) is 30.3 Å². The Bertz CT molecular complexity index is 1280. The van der Waals surface area contributed by atoms with Crippen LogP contribution in [0.15, 0.2) is 78.9 Å². The molecule has 32 heavy (non-hydrogen) atoms. The van der Waals surface area contributed by atoms with Crippen molar-refractivity contribution < 1.29 is 14.0 Å². The summed E-state index contributed by atoms with van der Waals surface area (Å²) in [6.07, 6.45) is 0. The molecular weight excluding hydrogens is 405 g/mol. The van der Waals surface area contributed by atoms with E-state index in [1.54, 1.807) is 49.3 Å². The van der Waals surface area contributed by atoms with E-state index in [4.69, 9.17) is 0 Å². The number of nitrogens with one attached hydrogen (secondary N) is 1. The first-order valence-electron chi connectivity index (χ1n) is 10.2. The Labute approximate surface area is 185 Å². The molecule has 1 heterocycles. The van der Waals surface area contributed by atoms with Crippen LogP contribution in [0.5, 0.6) is 0 Å². The highest BCUT2D eigenvalue weighted by Gasteiger charge is 2.18. The number of pyridine rings is 1. The van der Waals surface area contributed by atoms with Crippen molar-refractivity contribution in [2.75, 3.05) is 14.1 Å². The van der Waals surface area contributed by atoms with Crippen LogP contribution in [-0.2, 0) is 6.54 Å². The first-order valence-corrected chi connectivity index (χ1v) is 10.2. The Kier molecular flexibility index (Phi) is 5.94. The van der Waals surface area contributed by atoms with E-state index >= 15 is 0 Å². The van der Waals surface area contributed by atoms with Gasteiger partial charge in [-0.3, -0.25) is 9.59 Å². The van der Waals surface area contributed by atoms with Gasteiger partial charge in [-0.25, -0.2) is 9.37 Å². The lowest BCUT2D eigenvalue weighted by Gasteiger charge is -2.19. The number of para-hydroxylation sites is 1. The smallest absolute Gasteiger partial charge is 0.254 e. The Morgan fingerprint density at radius 2 is 1.66 bits per heavy atom. The molecule has 3 aromatic carbocycles. The number of hydrogen-bond donors (Lipinski definition) is 1. The molecule has 0 fully saturated rings. The van der Waals surface area contributed by atoms with Crippen LogP contribution >= 0.6 is 0 Å². The fraction of sp³-hybridized carbons (Fsp3) is 0.115. The molecule has 0 aliphatic rings. The summed E-state index contributed by atoms with van der Waals surface area (Å²) in [7, 11) is 3.32. The van der Waals surface area contributed by atoms with Gasteiger partial charge in [0.2, 0.25) is 0 Å². The first kappa shape index (κ1) is 21.2. The molecule has 0 radical (unpaired) electrons. The summed E-state index contributed by atoms with van der Waals surface area (Å²) < 4.78 is 13.4. The van der Waals surface area contributed by atoms with Gasteiger partial charge >= 0.3 is 0 Å². The minimum Gasteiger partial charge on any atom is -0.355 e. The van der Waals surface area contributed by atoms with Crippen LogP contribution in [0.1, 0.15) is 26.3 Å². The molecule has 0 atom stereocenters. The number of benzene rings is 3. The lowest BCUT2D eigenvalue weighted by molar-refractivity contribution is 0.0786. The third-order valence-corrected chi connectivity index (χ3v) is 5.30. The highest BCUT2D eigenvalue weighted by atomic mass is 19.1. The molecule has 0 saturated carbocycles. The van der Waals surface area contributed by atoms with Gasteiger partial charge in [0.15, 0.2) is 0 Å². The lowest BCUT2D eigenvalue weighted by atomic mass is 10.0. The molecule has 0 bridgehead atoms. The van der Waals surface area contributed by atoms with Crippen LogP contribution in [0.3, 0.4) is 0 Å². The summed E-state index contributed by atoms with van der Waals surface area (Å²) >= 11 is 0. The number of halogens is 1. The molecule has 0 aliphatic heterocycles. The van der Waals surface area contributed by atoms with E-state index in [2.05, 4.69) is 10.3 Å². The summed E-state index contributed by atoms with van der Waals surface area (Å²) in [6, 6.07) is 22.4. The second-order valence-electron chi connectivity index (χ2n) is 7.52. The van der Waals surface area contributed by atoms with Gasteiger partial charge in [-0.05, 0) is 54.1 Å². The van der Waals surface area contributed by atoms with Crippen molar-refractivity contribution in [1.29, 1.82) is 0 Å². The van der Waals surface area contributed by atoms with Crippen LogP contribution in [0.25, 0.3) is 22.2 Å². The number of amides is 2. The van der Waals surface area contributed by atoms with Gasteiger partial charge in [-0.2, -0.15) is 0 Å². The van der Waals surface area contributed by atoms with Crippen molar-refractivity contribution in [3.63, 3.8) is 0 Å². The molecule has 4 aromatic rings. The van der Waals surface area contributed by atoms with Crippen LogP contribution in [0.4, 0.5) is 4.39 Å². The van der Waals surface area contributed by atoms with Crippen LogP contribution < -0.4 is 5.32 Å². The SMILES string of the molecule is CNC(=O)c1ccc(CN(C)C(=O)c2cc(-c3ccc(F)cc3)nc3ccccc23)cc1. The first-order chi connectivity index (χ1) is 15.5. The Morgan fingerprint density at radius 1 is 0.969 bits per heavy atom. The fourth-order valence-corrected chi connectivity index (χ4v) is 3.58. The molecule has 1 N–H and O–H groups in total. The van der Waals surface area contributed by atoms with Crippen molar-refractivity contribution in [1.82, 2.24) is 15.2 Å². The maximum atomic E-state index is 13.4. The van der Waals surface area contributed by atoms with Gasteiger partial charge in [0.25, 0.3) is 11.8 Å². The van der Waals surface area contributed by atoms with Crippen LogP contribution in [0, 0.1) is 5.82 Å². The molecule has 0 saturated heterocycles. The number of carbonyl (C=O) groups is 2. The zero-order valence-corrected chi connectivity index (χ0v) is 17.8. The minimum absolute atomic E-state index is 0.151. The monoisotopic (exact) mass is 427 g/mol. The molecular formula is C26H22FN3O2. The summed E-state index contributed by atoms with van der Waals surface area (Å²) in [5.74, 6) is -0.632. The highest BCUT2D eigenvalue weighted by Crippen LogP contribution is 2.26. The van der Waals surface area contributed by atoms with E-state index < -0.39 is 0 Å². The molecule has 4 rings (SSSR count). The normalized spacial score (nSPS) is 10.7. The van der Waals surface area contributed by atoms with Gasteiger partial charge in [-0.15, -0.1) is 0 Å². The topological polar surface area (TPSA) is 62.3 Å². The minimum atomic E-state index is -0.326. The van der Waals surface area contributed by atoms with Crippen molar-refractivity contribution in [3.8, 4) is 11.3 Å². The summed E-state index contributed by atoms with van der Waals surface area (Å²) in [6.45, 7) is 0.384. The van der Waals surface area contributed by atoms with E-state index in [0.29, 0.717) is 28.9 Å². The van der Waals surface area contributed by atoms with E-state index in [0.717, 1.165) is 16.5 Å². The number of nitrogens with zero attached hydrogens (tertiary/aromatic N) is 2. The number of fused-ring (bicyclic) bond motifs is 1. The molecule has 0 spiro atoms. The van der Waals surface area contributed by atoms with E-state index in [1.165, 1.54) is 12.1 Å². The molecule has 5 nitrogen and oxygen atoms in total. The molecule has 6 heteroatoms. The van der Waals surface area contributed by atoms with E-state index in [1.807, 2.05) is 36.4 Å². The van der Waals surface area contributed by atoms with Gasteiger partial charge in [0.1, 0.15) is 5.82 Å². The number of rotatable bonds is 5. The lowest BCUT2D eigenvalue weighted by Crippen LogP contribution is -2.26. The van der Waals surface area contributed by atoms with Crippen molar-refractivity contribution in [2.45, 2.75) is 6.54 Å². The third-order valence-electron chi connectivity index (χ3n) is 5.30.